The van der Waals surface area contributed by atoms with Crippen LogP contribution in [0.4, 0.5) is 9.93 Å². The van der Waals surface area contributed by atoms with Gasteiger partial charge in [0.05, 0.1) is 12.2 Å². The van der Waals surface area contributed by atoms with Crippen molar-refractivity contribution in [1.82, 2.24) is 30.4 Å². The van der Waals surface area contributed by atoms with Gasteiger partial charge in [-0.15, -0.1) is 21.5 Å². The second-order valence-corrected chi connectivity index (χ2v) is 6.50. The Morgan fingerprint density at radius 2 is 2.26 bits per heavy atom. The number of hydrogen-bond acceptors (Lipinski definition) is 6. The molecular formula is C14H21N7OS. The summed E-state index contributed by atoms with van der Waals surface area (Å²) in [4.78, 5) is 18.2. The molecular weight excluding hydrogens is 314 g/mol. The zero-order valence-corrected chi connectivity index (χ0v) is 14.2. The topological polar surface area (TPSA) is 88.0 Å². The molecule has 0 fully saturated rings. The maximum Gasteiger partial charge on any atom is 0.315 e. The summed E-state index contributed by atoms with van der Waals surface area (Å²) in [5.41, 5.74) is 0.865. The summed E-state index contributed by atoms with van der Waals surface area (Å²) in [6.07, 6.45) is 2.83. The predicted molar refractivity (Wildman–Crippen MR) is 88.7 cm³/mol. The van der Waals surface area contributed by atoms with Crippen LogP contribution in [0, 0.1) is 0 Å². The van der Waals surface area contributed by atoms with Crippen LogP contribution in [-0.4, -0.2) is 46.4 Å². The van der Waals surface area contributed by atoms with E-state index >= 15 is 0 Å². The molecule has 1 aliphatic heterocycles. The Kier molecular flexibility index (Phi) is 4.75. The van der Waals surface area contributed by atoms with Gasteiger partial charge in [-0.05, 0) is 6.42 Å². The van der Waals surface area contributed by atoms with E-state index in [-0.39, 0.29) is 6.03 Å². The number of urea groups is 1. The van der Waals surface area contributed by atoms with Gasteiger partial charge < -0.3 is 20.1 Å². The Morgan fingerprint density at radius 3 is 3.04 bits per heavy atom. The summed E-state index contributed by atoms with van der Waals surface area (Å²) < 4.78 is 2.15. The standard InChI is InChI=1S/C14H21N7OS/c1-20(2)14-17-10(9-23-14)8-16-13(22)15-6-5-12-19-18-11-4-3-7-21(11)12/h9H,3-8H2,1-2H3,(H2,15,16,22). The van der Waals surface area contributed by atoms with Crippen LogP contribution >= 0.6 is 11.3 Å². The number of aromatic nitrogens is 4. The van der Waals surface area contributed by atoms with E-state index in [0.717, 1.165) is 41.9 Å². The SMILES string of the molecule is CN(C)c1nc(CNC(=O)NCCc2nnc3n2CCC3)cs1. The van der Waals surface area contributed by atoms with Crippen molar-refractivity contribution in [1.29, 1.82) is 0 Å². The summed E-state index contributed by atoms with van der Waals surface area (Å²) in [5, 5.41) is 16.9. The van der Waals surface area contributed by atoms with Crippen LogP contribution in [0.25, 0.3) is 0 Å². The summed E-state index contributed by atoms with van der Waals surface area (Å²) in [6.45, 7) is 1.96. The zero-order chi connectivity index (χ0) is 16.2. The first-order valence-electron chi connectivity index (χ1n) is 7.68. The van der Waals surface area contributed by atoms with Crippen LogP contribution in [0.5, 0.6) is 0 Å². The van der Waals surface area contributed by atoms with Gasteiger partial charge in [-0.3, -0.25) is 0 Å². The molecule has 8 nitrogen and oxygen atoms in total. The third-order valence-electron chi connectivity index (χ3n) is 3.67. The molecule has 3 rings (SSSR count). The Bertz CT molecular complexity index is 678. The first-order valence-corrected chi connectivity index (χ1v) is 8.56. The van der Waals surface area contributed by atoms with Crippen LogP contribution in [-0.2, 0) is 25.9 Å². The average molecular weight is 335 g/mol. The van der Waals surface area contributed by atoms with Gasteiger partial charge in [0.1, 0.15) is 11.6 Å². The molecule has 2 aromatic heterocycles. The van der Waals surface area contributed by atoms with Gasteiger partial charge in [0.25, 0.3) is 0 Å². The van der Waals surface area contributed by atoms with Gasteiger partial charge >= 0.3 is 6.03 Å². The molecule has 124 valence electrons. The largest absolute Gasteiger partial charge is 0.354 e. The number of carbonyl (C=O) groups excluding carboxylic acids is 1. The van der Waals surface area contributed by atoms with E-state index in [9.17, 15) is 4.79 Å². The minimum Gasteiger partial charge on any atom is -0.354 e. The highest BCUT2D eigenvalue weighted by atomic mass is 32.1. The van der Waals surface area contributed by atoms with Crippen LogP contribution in [0.15, 0.2) is 5.38 Å². The van der Waals surface area contributed by atoms with Gasteiger partial charge in [0.2, 0.25) is 0 Å². The van der Waals surface area contributed by atoms with E-state index in [0.29, 0.717) is 19.5 Å². The lowest BCUT2D eigenvalue weighted by Gasteiger charge is -2.07. The predicted octanol–water partition coefficient (Wildman–Crippen LogP) is 0.789. The smallest absolute Gasteiger partial charge is 0.315 e. The van der Waals surface area contributed by atoms with E-state index in [2.05, 4.69) is 30.4 Å². The lowest BCUT2D eigenvalue weighted by Crippen LogP contribution is -2.36. The fraction of sp³-hybridized carbons (Fsp3) is 0.571. The number of carbonyl (C=O) groups is 1. The summed E-state index contributed by atoms with van der Waals surface area (Å²) in [5.74, 6) is 2.01. The zero-order valence-electron chi connectivity index (χ0n) is 13.4. The number of thiazole rings is 1. The lowest BCUT2D eigenvalue weighted by atomic mass is 10.4. The van der Waals surface area contributed by atoms with E-state index in [4.69, 9.17) is 0 Å². The third kappa shape index (κ3) is 3.79. The molecule has 1 aliphatic rings. The number of hydrogen-bond donors (Lipinski definition) is 2. The Hall–Kier alpha value is -2.16. The fourth-order valence-corrected chi connectivity index (χ4v) is 3.26. The number of fused-ring (bicyclic) bond motifs is 1. The summed E-state index contributed by atoms with van der Waals surface area (Å²) in [7, 11) is 3.90. The molecule has 0 saturated carbocycles. The van der Waals surface area contributed by atoms with Crippen molar-refractivity contribution in [2.75, 3.05) is 25.5 Å². The third-order valence-corrected chi connectivity index (χ3v) is 4.73. The van der Waals surface area contributed by atoms with Crippen molar-refractivity contribution in [3.8, 4) is 0 Å². The molecule has 0 bridgehead atoms. The molecule has 0 aromatic carbocycles. The maximum atomic E-state index is 11.8. The minimum atomic E-state index is -0.189. The molecule has 0 atom stereocenters. The van der Waals surface area contributed by atoms with Crippen LogP contribution in [0.3, 0.4) is 0 Å². The van der Waals surface area contributed by atoms with E-state index < -0.39 is 0 Å². The quantitative estimate of drug-likeness (QED) is 0.815. The molecule has 2 N–H and O–H groups in total. The highest BCUT2D eigenvalue weighted by Gasteiger charge is 2.16. The highest BCUT2D eigenvalue weighted by molar-refractivity contribution is 7.13. The van der Waals surface area contributed by atoms with Crippen molar-refractivity contribution in [2.45, 2.75) is 32.4 Å². The Labute approximate surface area is 138 Å². The number of anilines is 1. The van der Waals surface area contributed by atoms with Crippen molar-refractivity contribution in [3.63, 3.8) is 0 Å². The van der Waals surface area contributed by atoms with Gasteiger partial charge in [0, 0.05) is 45.4 Å². The monoisotopic (exact) mass is 335 g/mol. The molecule has 3 heterocycles. The summed E-state index contributed by atoms with van der Waals surface area (Å²) >= 11 is 1.56. The maximum absolute atomic E-state index is 11.8. The normalized spacial score (nSPS) is 13.0. The average Bonchev–Trinajstić information content (AvgIpc) is 3.23. The number of nitrogens with one attached hydrogen (secondary N) is 2. The van der Waals surface area contributed by atoms with Gasteiger partial charge in [-0.1, -0.05) is 0 Å². The van der Waals surface area contributed by atoms with Crippen molar-refractivity contribution in [3.05, 3.63) is 22.7 Å². The number of amides is 2. The van der Waals surface area contributed by atoms with E-state index in [1.54, 1.807) is 11.3 Å². The van der Waals surface area contributed by atoms with Gasteiger partial charge in [-0.2, -0.15) is 0 Å². The van der Waals surface area contributed by atoms with Crippen LogP contribution in [0.1, 0.15) is 23.8 Å². The molecule has 0 unspecified atom stereocenters. The molecule has 0 saturated heterocycles. The molecule has 9 heteroatoms. The minimum absolute atomic E-state index is 0.189. The van der Waals surface area contributed by atoms with Crippen molar-refractivity contribution in [2.24, 2.45) is 0 Å². The first-order chi connectivity index (χ1) is 11.1. The molecule has 23 heavy (non-hydrogen) atoms. The van der Waals surface area contributed by atoms with Crippen LogP contribution < -0.4 is 15.5 Å². The fourth-order valence-electron chi connectivity index (χ4n) is 2.50. The Morgan fingerprint density at radius 1 is 1.39 bits per heavy atom. The first kappa shape index (κ1) is 15.7. The molecule has 2 amide bonds. The second-order valence-electron chi connectivity index (χ2n) is 5.66. The second kappa shape index (κ2) is 6.95. The van der Waals surface area contributed by atoms with Crippen molar-refractivity contribution >= 4 is 22.5 Å². The van der Waals surface area contributed by atoms with E-state index in [1.165, 1.54) is 0 Å². The highest BCUT2D eigenvalue weighted by Crippen LogP contribution is 2.17. The van der Waals surface area contributed by atoms with Crippen LogP contribution in [0.2, 0.25) is 0 Å². The van der Waals surface area contributed by atoms with Crippen molar-refractivity contribution < 1.29 is 4.79 Å². The lowest BCUT2D eigenvalue weighted by molar-refractivity contribution is 0.240. The molecule has 0 aliphatic carbocycles. The number of nitrogens with zero attached hydrogens (tertiary/aromatic N) is 5. The molecule has 0 spiro atoms. The molecule has 2 aromatic rings. The number of aryl methyl sites for hydroxylation is 1. The number of rotatable bonds is 6. The summed E-state index contributed by atoms with van der Waals surface area (Å²) in [6, 6.07) is -0.189. The van der Waals surface area contributed by atoms with Gasteiger partial charge in [-0.25, -0.2) is 9.78 Å². The van der Waals surface area contributed by atoms with Gasteiger partial charge in [0.15, 0.2) is 5.13 Å². The Balaban J connectivity index is 1.39. The van der Waals surface area contributed by atoms with E-state index in [1.807, 2.05) is 24.4 Å². The molecule has 0 radical (unpaired) electrons.